The summed E-state index contributed by atoms with van der Waals surface area (Å²) in [5.41, 5.74) is 6.68. The van der Waals surface area contributed by atoms with Crippen molar-refractivity contribution in [3.8, 4) is 0 Å². The Morgan fingerprint density at radius 2 is 2.31 bits per heavy atom. The first-order valence-electron chi connectivity index (χ1n) is 4.20. The number of fused-ring (bicyclic) bond motifs is 1. The van der Waals surface area contributed by atoms with E-state index < -0.39 is 0 Å². The van der Waals surface area contributed by atoms with Crippen molar-refractivity contribution in [2.45, 2.75) is 12.6 Å². The Kier molecular flexibility index (Phi) is 3.39. The first-order chi connectivity index (χ1) is 5.90. The van der Waals surface area contributed by atoms with Crippen LogP contribution in [0.25, 0.3) is 0 Å². The molecule has 1 unspecified atom stereocenters. The molecule has 0 saturated heterocycles. The van der Waals surface area contributed by atoms with E-state index >= 15 is 0 Å². The fraction of sp³-hybridized carbons (Fsp3) is 0.333. The van der Waals surface area contributed by atoms with Crippen LogP contribution in [0.5, 0.6) is 0 Å². The van der Waals surface area contributed by atoms with Gasteiger partial charge in [0.25, 0.3) is 0 Å². The van der Waals surface area contributed by atoms with Gasteiger partial charge in [0, 0.05) is 24.5 Å². The van der Waals surface area contributed by atoms with Gasteiger partial charge < -0.3 is 16.0 Å². The molecule has 2 heterocycles. The van der Waals surface area contributed by atoms with Gasteiger partial charge in [-0.05, 0) is 18.7 Å². The Balaban J connectivity index is 0.000000845. The predicted molar refractivity (Wildman–Crippen MR) is 56.0 cm³/mol. The van der Waals surface area contributed by atoms with Gasteiger partial charge in [-0.25, -0.2) is 0 Å². The smallest absolute Gasteiger partial charge is 0.122 e. The summed E-state index contributed by atoms with van der Waals surface area (Å²) in [6, 6.07) is 0. The molecule has 0 bridgehead atoms. The van der Waals surface area contributed by atoms with Gasteiger partial charge in [-0.3, -0.25) is 0 Å². The molecule has 3 nitrogen and oxygen atoms in total. The predicted octanol–water partition coefficient (Wildman–Crippen LogP) is 0.913. The van der Waals surface area contributed by atoms with Crippen LogP contribution in [-0.4, -0.2) is 17.6 Å². The molecular weight excluding hydrogens is 186 g/mol. The topological polar surface area (TPSA) is 41.3 Å². The maximum Gasteiger partial charge on any atom is 0.122 e. The van der Waals surface area contributed by atoms with Crippen molar-refractivity contribution in [3.63, 3.8) is 0 Å². The van der Waals surface area contributed by atoms with E-state index in [2.05, 4.69) is 28.7 Å². The van der Waals surface area contributed by atoms with Gasteiger partial charge >= 0.3 is 0 Å². The summed E-state index contributed by atoms with van der Waals surface area (Å²) in [4.78, 5) is 2.14. The SMILES string of the molecule is Cl.NCCC1=CN2C=CC=CC2N1. The summed E-state index contributed by atoms with van der Waals surface area (Å²) in [6.45, 7) is 0.701. The lowest BCUT2D eigenvalue weighted by Gasteiger charge is -2.20. The summed E-state index contributed by atoms with van der Waals surface area (Å²) in [6.07, 6.45) is 11.6. The van der Waals surface area contributed by atoms with Crippen molar-refractivity contribution in [3.05, 3.63) is 36.3 Å². The van der Waals surface area contributed by atoms with Crippen molar-refractivity contribution >= 4 is 12.4 Å². The van der Waals surface area contributed by atoms with Crippen molar-refractivity contribution < 1.29 is 0 Å². The number of hydrogen-bond acceptors (Lipinski definition) is 3. The van der Waals surface area contributed by atoms with Gasteiger partial charge in [0.15, 0.2) is 0 Å². The van der Waals surface area contributed by atoms with Gasteiger partial charge in [-0.1, -0.05) is 6.08 Å². The van der Waals surface area contributed by atoms with Crippen LogP contribution in [0.15, 0.2) is 36.3 Å². The minimum absolute atomic E-state index is 0. The molecule has 0 fully saturated rings. The van der Waals surface area contributed by atoms with Gasteiger partial charge in [0.05, 0.1) is 0 Å². The van der Waals surface area contributed by atoms with E-state index in [1.165, 1.54) is 5.70 Å². The lowest BCUT2D eigenvalue weighted by Crippen LogP contribution is -2.32. The van der Waals surface area contributed by atoms with Crippen LogP contribution in [-0.2, 0) is 0 Å². The van der Waals surface area contributed by atoms with E-state index in [0.29, 0.717) is 12.7 Å². The third-order valence-electron chi connectivity index (χ3n) is 2.04. The van der Waals surface area contributed by atoms with Crippen molar-refractivity contribution in [1.82, 2.24) is 10.2 Å². The van der Waals surface area contributed by atoms with E-state index in [1.54, 1.807) is 0 Å². The van der Waals surface area contributed by atoms with Crippen molar-refractivity contribution in [2.24, 2.45) is 5.73 Å². The fourth-order valence-electron chi connectivity index (χ4n) is 1.46. The van der Waals surface area contributed by atoms with Gasteiger partial charge in [0.1, 0.15) is 6.17 Å². The van der Waals surface area contributed by atoms with Gasteiger partial charge in [-0.15, -0.1) is 12.4 Å². The highest BCUT2D eigenvalue weighted by atomic mass is 35.5. The molecule has 0 spiro atoms. The zero-order valence-corrected chi connectivity index (χ0v) is 8.13. The van der Waals surface area contributed by atoms with E-state index in [1.807, 2.05) is 12.2 Å². The maximum atomic E-state index is 5.46. The molecule has 4 heteroatoms. The standard InChI is InChI=1S/C9H13N3.ClH/c10-5-4-8-7-12-6-2-1-3-9(12)11-8;/h1-3,6-7,9,11H,4-5,10H2;1H. The van der Waals surface area contributed by atoms with Gasteiger partial charge in [-0.2, -0.15) is 0 Å². The molecule has 2 aliphatic rings. The second-order valence-electron chi connectivity index (χ2n) is 2.96. The minimum atomic E-state index is 0. The molecule has 2 rings (SSSR count). The Bertz CT molecular complexity index is 258. The fourth-order valence-corrected chi connectivity index (χ4v) is 1.46. The molecule has 2 aliphatic heterocycles. The molecule has 0 radical (unpaired) electrons. The minimum Gasteiger partial charge on any atom is -0.364 e. The highest BCUT2D eigenvalue weighted by molar-refractivity contribution is 5.85. The first kappa shape index (κ1) is 10.2. The molecule has 0 aromatic carbocycles. The average molecular weight is 200 g/mol. The molecule has 13 heavy (non-hydrogen) atoms. The maximum absolute atomic E-state index is 5.46. The number of halogens is 1. The molecular formula is C9H14ClN3. The molecule has 0 aromatic rings. The molecule has 72 valence electrons. The average Bonchev–Trinajstić information content (AvgIpc) is 2.47. The highest BCUT2D eigenvalue weighted by Crippen LogP contribution is 2.16. The molecule has 0 saturated carbocycles. The Morgan fingerprint density at radius 1 is 1.46 bits per heavy atom. The first-order valence-corrected chi connectivity index (χ1v) is 4.20. The number of hydrogen-bond donors (Lipinski definition) is 2. The molecule has 1 atom stereocenters. The highest BCUT2D eigenvalue weighted by Gasteiger charge is 2.19. The number of allylic oxidation sites excluding steroid dienone is 2. The van der Waals surface area contributed by atoms with Gasteiger partial charge in [0.2, 0.25) is 0 Å². The van der Waals surface area contributed by atoms with E-state index in [9.17, 15) is 0 Å². The van der Waals surface area contributed by atoms with Crippen LogP contribution in [0.4, 0.5) is 0 Å². The van der Waals surface area contributed by atoms with Crippen LogP contribution in [0.2, 0.25) is 0 Å². The third-order valence-corrected chi connectivity index (χ3v) is 2.04. The van der Waals surface area contributed by atoms with Crippen molar-refractivity contribution in [2.75, 3.05) is 6.54 Å². The monoisotopic (exact) mass is 199 g/mol. The zero-order valence-electron chi connectivity index (χ0n) is 7.31. The third kappa shape index (κ3) is 2.05. The Morgan fingerprint density at radius 3 is 3.00 bits per heavy atom. The largest absolute Gasteiger partial charge is 0.364 e. The quantitative estimate of drug-likeness (QED) is 0.695. The Hall–Kier alpha value is -0.930. The van der Waals surface area contributed by atoms with E-state index in [0.717, 1.165) is 6.42 Å². The lowest BCUT2D eigenvalue weighted by molar-refractivity contribution is 0.423. The number of nitrogens with one attached hydrogen (secondary N) is 1. The second-order valence-corrected chi connectivity index (χ2v) is 2.96. The van der Waals surface area contributed by atoms with Crippen LogP contribution < -0.4 is 11.1 Å². The normalized spacial score (nSPS) is 23.3. The van der Waals surface area contributed by atoms with Crippen LogP contribution in [0.1, 0.15) is 6.42 Å². The Labute approximate surface area is 84.4 Å². The summed E-state index contributed by atoms with van der Waals surface area (Å²) < 4.78 is 0. The van der Waals surface area contributed by atoms with Crippen LogP contribution in [0.3, 0.4) is 0 Å². The zero-order chi connectivity index (χ0) is 8.39. The number of nitrogens with two attached hydrogens (primary N) is 1. The molecule has 0 aromatic heterocycles. The summed E-state index contributed by atoms with van der Waals surface area (Å²) >= 11 is 0. The number of rotatable bonds is 2. The van der Waals surface area contributed by atoms with E-state index in [4.69, 9.17) is 5.73 Å². The van der Waals surface area contributed by atoms with E-state index in [-0.39, 0.29) is 12.4 Å². The van der Waals surface area contributed by atoms with Crippen LogP contribution in [0, 0.1) is 0 Å². The summed E-state index contributed by atoms with van der Waals surface area (Å²) in [5, 5.41) is 3.36. The molecule has 0 amide bonds. The molecule has 0 aliphatic carbocycles. The summed E-state index contributed by atoms with van der Waals surface area (Å²) in [5.74, 6) is 0. The lowest BCUT2D eigenvalue weighted by atomic mass is 10.3. The summed E-state index contributed by atoms with van der Waals surface area (Å²) in [7, 11) is 0. The second kappa shape index (κ2) is 4.35. The molecule has 3 N–H and O–H groups in total. The number of nitrogens with zero attached hydrogens (tertiary/aromatic N) is 1. The van der Waals surface area contributed by atoms with Crippen LogP contribution >= 0.6 is 12.4 Å². The van der Waals surface area contributed by atoms with Crippen molar-refractivity contribution in [1.29, 1.82) is 0 Å².